The smallest absolute Gasteiger partial charge is 0.339 e. The molecule has 1 aromatic carbocycles. The number of thiol groups is 1. The molecule has 0 saturated heterocycles. The molecular formula is C13H18O2S. The Balaban J connectivity index is 2.39. The molecule has 0 aliphatic carbocycles. The Morgan fingerprint density at radius 3 is 2.69 bits per heavy atom. The number of benzene rings is 1. The number of esters is 1. The maximum atomic E-state index is 11.6. The first-order valence-electron chi connectivity index (χ1n) is 5.56. The highest BCUT2D eigenvalue weighted by Gasteiger charge is 2.09. The van der Waals surface area contributed by atoms with Crippen molar-refractivity contribution in [3.8, 4) is 0 Å². The normalized spacial score (nSPS) is 10.5. The Kier molecular flexibility index (Phi) is 5.39. The molecule has 0 atom stereocenters. The summed E-state index contributed by atoms with van der Waals surface area (Å²) < 4.78 is 5.17. The lowest BCUT2D eigenvalue weighted by molar-refractivity contribution is 0.0491. The van der Waals surface area contributed by atoms with Gasteiger partial charge < -0.3 is 4.74 Å². The molecule has 16 heavy (non-hydrogen) atoms. The Bertz CT molecular complexity index is 348. The van der Waals surface area contributed by atoms with E-state index in [4.69, 9.17) is 4.74 Å². The highest BCUT2D eigenvalue weighted by atomic mass is 32.1. The van der Waals surface area contributed by atoms with Gasteiger partial charge in [-0.3, -0.25) is 0 Å². The number of carbonyl (C=O) groups excluding carboxylic acids is 1. The monoisotopic (exact) mass is 238 g/mol. The first kappa shape index (κ1) is 13.1. The van der Waals surface area contributed by atoms with Crippen molar-refractivity contribution in [3.05, 3.63) is 29.8 Å². The Labute approximate surface area is 102 Å². The van der Waals surface area contributed by atoms with Crippen LogP contribution in [-0.4, -0.2) is 12.6 Å². The standard InChI is InChI=1S/C13H18O2S/c1-10(2)6-5-9-15-13(14)11-7-3-4-8-12(11)16/h3-4,7-8,10,16H,5-6,9H2,1-2H3. The lowest BCUT2D eigenvalue weighted by Gasteiger charge is -2.07. The van der Waals surface area contributed by atoms with Gasteiger partial charge in [0.15, 0.2) is 0 Å². The third kappa shape index (κ3) is 4.27. The van der Waals surface area contributed by atoms with Crippen LogP contribution in [0, 0.1) is 5.92 Å². The topological polar surface area (TPSA) is 26.3 Å². The van der Waals surface area contributed by atoms with Crippen molar-refractivity contribution in [1.29, 1.82) is 0 Å². The van der Waals surface area contributed by atoms with E-state index in [-0.39, 0.29) is 5.97 Å². The van der Waals surface area contributed by atoms with Gasteiger partial charge in [-0.15, -0.1) is 12.6 Å². The van der Waals surface area contributed by atoms with Crippen LogP contribution in [0.2, 0.25) is 0 Å². The van der Waals surface area contributed by atoms with Crippen molar-refractivity contribution in [1.82, 2.24) is 0 Å². The largest absolute Gasteiger partial charge is 0.462 e. The molecule has 1 aromatic rings. The van der Waals surface area contributed by atoms with Gasteiger partial charge >= 0.3 is 5.97 Å². The van der Waals surface area contributed by atoms with Crippen LogP contribution in [0.3, 0.4) is 0 Å². The van der Waals surface area contributed by atoms with Crippen LogP contribution in [0.4, 0.5) is 0 Å². The quantitative estimate of drug-likeness (QED) is 0.482. The average Bonchev–Trinajstić information content (AvgIpc) is 2.24. The van der Waals surface area contributed by atoms with Crippen LogP contribution in [0.5, 0.6) is 0 Å². The van der Waals surface area contributed by atoms with E-state index in [9.17, 15) is 4.79 Å². The number of hydrogen-bond donors (Lipinski definition) is 1. The molecule has 1 rings (SSSR count). The fraction of sp³-hybridized carbons (Fsp3) is 0.462. The average molecular weight is 238 g/mol. The van der Waals surface area contributed by atoms with Crippen LogP contribution < -0.4 is 0 Å². The third-order valence-corrected chi connectivity index (χ3v) is 2.67. The Hall–Kier alpha value is -0.960. The number of rotatable bonds is 5. The summed E-state index contributed by atoms with van der Waals surface area (Å²) in [5.74, 6) is 0.366. The summed E-state index contributed by atoms with van der Waals surface area (Å²) in [6.45, 7) is 4.80. The van der Waals surface area contributed by atoms with Crippen LogP contribution in [0.15, 0.2) is 29.2 Å². The van der Waals surface area contributed by atoms with Crippen LogP contribution in [-0.2, 0) is 4.74 Å². The second-order valence-corrected chi connectivity index (χ2v) is 4.67. The Morgan fingerprint density at radius 1 is 1.38 bits per heavy atom. The van der Waals surface area contributed by atoms with E-state index in [1.54, 1.807) is 12.1 Å². The summed E-state index contributed by atoms with van der Waals surface area (Å²) >= 11 is 4.21. The molecule has 88 valence electrons. The minimum absolute atomic E-state index is 0.283. The number of hydrogen-bond acceptors (Lipinski definition) is 3. The second kappa shape index (κ2) is 6.59. The summed E-state index contributed by atoms with van der Waals surface area (Å²) in [4.78, 5) is 12.3. The van der Waals surface area contributed by atoms with E-state index >= 15 is 0 Å². The molecule has 0 fully saturated rings. The van der Waals surface area contributed by atoms with Gasteiger partial charge in [0, 0.05) is 4.90 Å². The van der Waals surface area contributed by atoms with Gasteiger partial charge in [0.05, 0.1) is 12.2 Å². The SMILES string of the molecule is CC(C)CCCOC(=O)c1ccccc1S. The first-order chi connectivity index (χ1) is 7.61. The third-order valence-electron chi connectivity index (χ3n) is 2.28. The van der Waals surface area contributed by atoms with E-state index < -0.39 is 0 Å². The van der Waals surface area contributed by atoms with Crippen LogP contribution in [0.1, 0.15) is 37.0 Å². The van der Waals surface area contributed by atoms with Gasteiger partial charge in [0.25, 0.3) is 0 Å². The maximum Gasteiger partial charge on any atom is 0.339 e. The van der Waals surface area contributed by atoms with Gasteiger partial charge in [-0.25, -0.2) is 4.79 Å². The zero-order valence-electron chi connectivity index (χ0n) is 9.77. The number of ether oxygens (including phenoxy) is 1. The van der Waals surface area contributed by atoms with E-state index in [0.717, 1.165) is 12.8 Å². The molecular weight excluding hydrogens is 220 g/mol. The summed E-state index contributed by atoms with van der Waals surface area (Å²) in [5.41, 5.74) is 0.537. The minimum Gasteiger partial charge on any atom is -0.462 e. The predicted octanol–water partition coefficient (Wildman–Crippen LogP) is 3.57. The fourth-order valence-corrected chi connectivity index (χ4v) is 1.63. The zero-order valence-corrected chi connectivity index (χ0v) is 10.7. The van der Waals surface area contributed by atoms with Gasteiger partial charge in [0.1, 0.15) is 0 Å². The molecule has 0 aliphatic rings. The molecule has 0 heterocycles. The van der Waals surface area contributed by atoms with E-state index in [0.29, 0.717) is 23.0 Å². The molecule has 0 radical (unpaired) electrons. The molecule has 3 heteroatoms. The molecule has 0 bridgehead atoms. The number of carbonyl (C=O) groups is 1. The lowest BCUT2D eigenvalue weighted by Crippen LogP contribution is -2.07. The van der Waals surface area contributed by atoms with E-state index in [1.807, 2.05) is 12.1 Å². The summed E-state index contributed by atoms with van der Waals surface area (Å²) in [6.07, 6.45) is 1.99. The van der Waals surface area contributed by atoms with Crippen molar-refractivity contribution in [2.24, 2.45) is 5.92 Å². The maximum absolute atomic E-state index is 11.6. The fourth-order valence-electron chi connectivity index (χ4n) is 1.38. The van der Waals surface area contributed by atoms with Crippen molar-refractivity contribution >= 4 is 18.6 Å². The summed E-state index contributed by atoms with van der Waals surface area (Å²) in [5, 5.41) is 0. The van der Waals surface area contributed by atoms with Crippen LogP contribution >= 0.6 is 12.6 Å². The summed E-state index contributed by atoms with van der Waals surface area (Å²) in [7, 11) is 0. The molecule has 2 nitrogen and oxygen atoms in total. The van der Waals surface area contributed by atoms with Gasteiger partial charge in [-0.2, -0.15) is 0 Å². The van der Waals surface area contributed by atoms with Crippen LogP contribution in [0.25, 0.3) is 0 Å². The molecule has 0 N–H and O–H groups in total. The molecule has 0 aromatic heterocycles. The molecule has 0 spiro atoms. The van der Waals surface area contributed by atoms with Crippen molar-refractivity contribution in [2.45, 2.75) is 31.6 Å². The van der Waals surface area contributed by atoms with Crippen molar-refractivity contribution in [3.63, 3.8) is 0 Å². The molecule has 0 amide bonds. The van der Waals surface area contributed by atoms with Gasteiger partial charge in [0.2, 0.25) is 0 Å². The van der Waals surface area contributed by atoms with E-state index in [1.165, 1.54) is 0 Å². The van der Waals surface area contributed by atoms with Gasteiger partial charge in [-0.05, 0) is 30.9 Å². The molecule has 0 saturated carbocycles. The van der Waals surface area contributed by atoms with Crippen molar-refractivity contribution in [2.75, 3.05) is 6.61 Å². The first-order valence-corrected chi connectivity index (χ1v) is 6.01. The summed E-state index contributed by atoms with van der Waals surface area (Å²) in [6, 6.07) is 7.17. The highest BCUT2D eigenvalue weighted by Crippen LogP contribution is 2.14. The molecule has 0 unspecified atom stereocenters. The lowest BCUT2D eigenvalue weighted by atomic mass is 10.1. The van der Waals surface area contributed by atoms with Crippen molar-refractivity contribution < 1.29 is 9.53 Å². The second-order valence-electron chi connectivity index (χ2n) is 4.19. The zero-order chi connectivity index (χ0) is 12.0. The van der Waals surface area contributed by atoms with E-state index in [2.05, 4.69) is 26.5 Å². The minimum atomic E-state index is -0.283. The highest BCUT2D eigenvalue weighted by molar-refractivity contribution is 7.80. The molecule has 0 aliphatic heterocycles. The van der Waals surface area contributed by atoms with Gasteiger partial charge in [-0.1, -0.05) is 26.0 Å². The Morgan fingerprint density at radius 2 is 2.06 bits per heavy atom. The predicted molar refractivity (Wildman–Crippen MR) is 68.0 cm³/mol.